The second-order valence-corrected chi connectivity index (χ2v) is 9.31. The Morgan fingerprint density at radius 1 is 0.970 bits per heavy atom. The lowest BCUT2D eigenvalue weighted by molar-refractivity contribution is -0.146. The Morgan fingerprint density at radius 3 is 2.27 bits per heavy atom. The molecule has 1 aromatic heterocycles. The number of fused-ring (bicyclic) bond motifs is 1. The predicted octanol–water partition coefficient (Wildman–Crippen LogP) is 4.67. The molecule has 1 saturated carbocycles. The van der Waals surface area contributed by atoms with Crippen molar-refractivity contribution in [3.63, 3.8) is 0 Å². The van der Waals surface area contributed by atoms with Crippen LogP contribution in [0.25, 0.3) is 10.9 Å². The van der Waals surface area contributed by atoms with E-state index >= 15 is 0 Å². The summed E-state index contributed by atoms with van der Waals surface area (Å²) in [5.74, 6) is -1.22. The normalized spacial score (nSPS) is 18.6. The molecule has 1 heterocycles. The number of benzene rings is 2. The van der Waals surface area contributed by atoms with Crippen molar-refractivity contribution >= 4 is 34.4 Å². The van der Waals surface area contributed by atoms with Crippen molar-refractivity contribution in [3.8, 4) is 0 Å². The minimum Gasteiger partial charge on any atom is -0.480 e. The number of amides is 2. The van der Waals surface area contributed by atoms with E-state index in [-0.39, 0.29) is 17.7 Å². The first-order chi connectivity index (χ1) is 15.7. The van der Waals surface area contributed by atoms with Gasteiger partial charge in [-0.25, -0.2) is 4.79 Å². The Morgan fingerprint density at radius 2 is 1.64 bits per heavy atom. The Labute approximate surface area is 192 Å². The number of carboxylic acids is 1. The number of rotatable bonds is 6. The number of H-pyrrole nitrogens is 1. The molecule has 3 aromatic rings. The van der Waals surface area contributed by atoms with Gasteiger partial charge in [-0.1, -0.05) is 30.3 Å². The van der Waals surface area contributed by atoms with Crippen LogP contribution in [-0.2, 0) is 9.59 Å². The van der Waals surface area contributed by atoms with Gasteiger partial charge in [0, 0.05) is 22.5 Å². The molecule has 1 fully saturated rings. The second kappa shape index (κ2) is 9.10. The van der Waals surface area contributed by atoms with Gasteiger partial charge in [0.15, 0.2) is 0 Å². The highest BCUT2D eigenvalue weighted by atomic mass is 16.4. The number of nitrogens with one attached hydrogen (secondary N) is 3. The van der Waals surface area contributed by atoms with Gasteiger partial charge >= 0.3 is 5.97 Å². The lowest BCUT2D eigenvalue weighted by Gasteiger charge is -2.30. The molecule has 0 unspecified atom stereocenters. The number of para-hydroxylation sites is 1. The molecule has 0 aliphatic heterocycles. The molecule has 0 spiro atoms. The lowest BCUT2D eigenvalue weighted by atomic mass is 9.78. The molecular weight excluding hydrogens is 418 g/mol. The van der Waals surface area contributed by atoms with Crippen molar-refractivity contribution in [1.29, 1.82) is 0 Å². The molecule has 4 N–H and O–H groups in total. The standard InChI is InChI=1S/C26H29N3O4/c1-26(2,25(32)33)29-23(30)18-9-7-16(8-10-18)17-11-13-20(14-12-17)27-24(31)22-15-19-5-3-4-6-21(19)28-22/h3-6,11-16,18,28H,7-10H2,1-2H3,(H,27,31)(H,29,30)(H,32,33). The SMILES string of the molecule is CC(C)(NC(=O)C1CCC(c2ccc(NC(=O)c3cc4ccccc4[nH]3)cc2)CC1)C(=O)O. The van der Waals surface area contributed by atoms with Gasteiger partial charge < -0.3 is 20.7 Å². The molecule has 33 heavy (non-hydrogen) atoms. The molecule has 0 saturated heterocycles. The molecule has 2 aromatic carbocycles. The minimum atomic E-state index is -1.26. The highest BCUT2D eigenvalue weighted by Crippen LogP contribution is 2.36. The van der Waals surface area contributed by atoms with E-state index in [2.05, 4.69) is 15.6 Å². The first-order valence-electron chi connectivity index (χ1n) is 11.3. The zero-order chi connectivity index (χ0) is 23.6. The number of anilines is 1. The van der Waals surface area contributed by atoms with E-state index in [1.165, 1.54) is 19.4 Å². The number of hydrogen-bond donors (Lipinski definition) is 4. The highest BCUT2D eigenvalue weighted by Gasteiger charge is 2.33. The summed E-state index contributed by atoms with van der Waals surface area (Å²) in [7, 11) is 0. The molecule has 4 rings (SSSR count). The number of hydrogen-bond acceptors (Lipinski definition) is 3. The summed E-state index contributed by atoms with van der Waals surface area (Å²) in [6, 6.07) is 17.5. The minimum absolute atomic E-state index is 0.158. The fourth-order valence-corrected chi connectivity index (χ4v) is 4.39. The Kier molecular flexibility index (Phi) is 6.22. The lowest BCUT2D eigenvalue weighted by Crippen LogP contribution is -2.51. The van der Waals surface area contributed by atoms with E-state index in [1.807, 2.05) is 54.6 Å². The Balaban J connectivity index is 1.32. The smallest absolute Gasteiger partial charge is 0.328 e. The third-order valence-corrected chi connectivity index (χ3v) is 6.48. The first-order valence-corrected chi connectivity index (χ1v) is 11.3. The number of aromatic nitrogens is 1. The highest BCUT2D eigenvalue weighted by molar-refractivity contribution is 6.05. The van der Waals surface area contributed by atoms with Crippen molar-refractivity contribution < 1.29 is 19.5 Å². The van der Waals surface area contributed by atoms with E-state index in [4.69, 9.17) is 0 Å². The van der Waals surface area contributed by atoms with Gasteiger partial charge in [0.2, 0.25) is 5.91 Å². The number of carboxylic acid groups (broad SMARTS) is 1. The molecule has 2 amide bonds. The maximum absolute atomic E-state index is 12.6. The third kappa shape index (κ3) is 5.08. The van der Waals surface area contributed by atoms with Crippen LogP contribution >= 0.6 is 0 Å². The molecule has 1 aliphatic rings. The van der Waals surface area contributed by atoms with Gasteiger partial charge in [-0.3, -0.25) is 9.59 Å². The van der Waals surface area contributed by atoms with E-state index in [1.54, 1.807) is 0 Å². The van der Waals surface area contributed by atoms with Gasteiger partial charge in [-0.2, -0.15) is 0 Å². The molecule has 7 heteroatoms. The Bertz CT molecular complexity index is 1140. The van der Waals surface area contributed by atoms with Crippen LogP contribution in [0.4, 0.5) is 5.69 Å². The second-order valence-electron chi connectivity index (χ2n) is 9.31. The van der Waals surface area contributed by atoms with Crippen LogP contribution in [0.5, 0.6) is 0 Å². The number of aliphatic carboxylic acids is 1. The van der Waals surface area contributed by atoms with E-state index in [0.29, 0.717) is 11.6 Å². The maximum Gasteiger partial charge on any atom is 0.328 e. The molecule has 0 radical (unpaired) electrons. The van der Waals surface area contributed by atoms with Crippen molar-refractivity contribution in [2.24, 2.45) is 5.92 Å². The number of carbonyl (C=O) groups excluding carboxylic acids is 2. The van der Waals surface area contributed by atoms with Crippen LogP contribution in [0.15, 0.2) is 54.6 Å². The summed E-state index contributed by atoms with van der Waals surface area (Å²) in [5.41, 5.74) is 2.09. The molecule has 0 bridgehead atoms. The molecular formula is C26H29N3O4. The van der Waals surface area contributed by atoms with Gasteiger partial charge in [0.25, 0.3) is 5.91 Å². The fourth-order valence-electron chi connectivity index (χ4n) is 4.39. The van der Waals surface area contributed by atoms with Crippen LogP contribution in [-0.4, -0.2) is 33.4 Å². The zero-order valence-electron chi connectivity index (χ0n) is 18.9. The monoisotopic (exact) mass is 447 g/mol. The summed E-state index contributed by atoms with van der Waals surface area (Å²) in [6.07, 6.45) is 3.19. The summed E-state index contributed by atoms with van der Waals surface area (Å²) in [6.45, 7) is 2.99. The largest absolute Gasteiger partial charge is 0.480 e. The molecule has 7 nitrogen and oxygen atoms in total. The summed E-state index contributed by atoms with van der Waals surface area (Å²) >= 11 is 0. The first kappa shape index (κ1) is 22.6. The molecule has 172 valence electrons. The summed E-state index contributed by atoms with van der Waals surface area (Å²) in [4.78, 5) is 39.4. The van der Waals surface area contributed by atoms with Gasteiger partial charge in [-0.05, 0) is 75.3 Å². The average molecular weight is 448 g/mol. The summed E-state index contributed by atoms with van der Waals surface area (Å²) < 4.78 is 0. The van der Waals surface area contributed by atoms with Crippen LogP contribution in [0.3, 0.4) is 0 Å². The summed E-state index contributed by atoms with van der Waals surface area (Å²) in [5, 5.41) is 15.8. The topological polar surface area (TPSA) is 111 Å². The molecule has 1 aliphatic carbocycles. The van der Waals surface area contributed by atoms with Crippen molar-refractivity contribution in [3.05, 3.63) is 65.9 Å². The van der Waals surface area contributed by atoms with Crippen molar-refractivity contribution in [2.45, 2.75) is 51.0 Å². The van der Waals surface area contributed by atoms with Crippen LogP contribution in [0, 0.1) is 5.92 Å². The number of carbonyl (C=O) groups is 3. The van der Waals surface area contributed by atoms with E-state index in [0.717, 1.165) is 42.3 Å². The number of aromatic amines is 1. The maximum atomic E-state index is 12.6. The Hall–Kier alpha value is -3.61. The zero-order valence-corrected chi connectivity index (χ0v) is 18.9. The average Bonchev–Trinajstić information content (AvgIpc) is 3.24. The van der Waals surface area contributed by atoms with Gasteiger partial charge in [-0.15, -0.1) is 0 Å². The van der Waals surface area contributed by atoms with Crippen LogP contribution in [0.2, 0.25) is 0 Å². The van der Waals surface area contributed by atoms with Crippen LogP contribution < -0.4 is 10.6 Å². The predicted molar refractivity (Wildman–Crippen MR) is 127 cm³/mol. The van der Waals surface area contributed by atoms with Crippen molar-refractivity contribution in [2.75, 3.05) is 5.32 Å². The fraction of sp³-hybridized carbons (Fsp3) is 0.346. The van der Waals surface area contributed by atoms with Gasteiger partial charge in [0.1, 0.15) is 11.2 Å². The van der Waals surface area contributed by atoms with Crippen molar-refractivity contribution in [1.82, 2.24) is 10.3 Å². The quantitative estimate of drug-likeness (QED) is 0.440. The molecule has 0 atom stereocenters. The van der Waals surface area contributed by atoms with E-state index < -0.39 is 11.5 Å². The van der Waals surface area contributed by atoms with Crippen LogP contribution in [0.1, 0.15) is 61.5 Å². The van der Waals surface area contributed by atoms with E-state index in [9.17, 15) is 19.5 Å². The van der Waals surface area contributed by atoms with Gasteiger partial charge in [0.05, 0.1) is 0 Å². The third-order valence-electron chi connectivity index (χ3n) is 6.48.